The van der Waals surface area contributed by atoms with E-state index in [-0.39, 0.29) is 36.3 Å². The highest BCUT2D eigenvalue weighted by molar-refractivity contribution is 5.98. The number of methoxy groups -OCH3 is 1. The number of benzene rings is 1. The molecule has 1 heterocycles. The lowest BCUT2D eigenvalue weighted by molar-refractivity contribution is -0.136. The number of hydrogen-bond donors (Lipinski definition) is 2. The van der Waals surface area contributed by atoms with Crippen LogP contribution in [0.2, 0.25) is 0 Å². The van der Waals surface area contributed by atoms with Gasteiger partial charge >= 0.3 is 0 Å². The Kier molecular flexibility index (Phi) is 8.64. The topological polar surface area (TPSA) is 87.7 Å². The van der Waals surface area contributed by atoms with Gasteiger partial charge < -0.3 is 20.3 Å². The van der Waals surface area contributed by atoms with Crippen molar-refractivity contribution in [1.82, 2.24) is 15.5 Å². The fourth-order valence-electron chi connectivity index (χ4n) is 3.58. The Morgan fingerprint density at radius 3 is 2.41 bits per heavy atom. The number of likely N-dealkylation sites (tertiary alicyclic amines) is 1. The average molecular weight is 404 g/mol. The van der Waals surface area contributed by atoms with Crippen molar-refractivity contribution < 1.29 is 19.1 Å². The van der Waals surface area contributed by atoms with E-state index in [4.69, 9.17) is 4.74 Å². The van der Waals surface area contributed by atoms with E-state index in [1.54, 1.807) is 11.0 Å². The number of rotatable bonds is 8. The molecular formula is C22H33N3O4. The standard InChI is InChI=1S/C22H33N3O4/c1-5-16(3)23-22(28)20(24-21(27)18-9-7-6-8-15(18)2)17-10-12-25(13-11-17)19(26)14-29-4/h6-9,16-17,20H,5,10-14H2,1-4H3,(H,23,28)(H,24,27). The quantitative estimate of drug-likeness (QED) is 0.694. The minimum Gasteiger partial charge on any atom is -0.375 e. The van der Waals surface area contributed by atoms with E-state index in [9.17, 15) is 14.4 Å². The molecule has 2 atom stereocenters. The molecule has 0 spiro atoms. The molecule has 160 valence electrons. The van der Waals surface area contributed by atoms with Crippen molar-refractivity contribution in [3.8, 4) is 0 Å². The van der Waals surface area contributed by atoms with Gasteiger partial charge in [0.1, 0.15) is 12.6 Å². The first-order chi connectivity index (χ1) is 13.9. The number of carbonyl (C=O) groups is 3. The number of hydrogen-bond acceptors (Lipinski definition) is 4. The van der Waals surface area contributed by atoms with Crippen LogP contribution in [0.1, 0.15) is 49.0 Å². The van der Waals surface area contributed by atoms with E-state index in [2.05, 4.69) is 10.6 Å². The first kappa shape index (κ1) is 22.9. The summed E-state index contributed by atoms with van der Waals surface area (Å²) in [4.78, 5) is 39.6. The van der Waals surface area contributed by atoms with Crippen LogP contribution >= 0.6 is 0 Å². The molecule has 1 aromatic carbocycles. The molecule has 0 aromatic heterocycles. The summed E-state index contributed by atoms with van der Waals surface area (Å²) in [5.74, 6) is -0.484. The van der Waals surface area contributed by atoms with Gasteiger partial charge in [0.25, 0.3) is 5.91 Å². The van der Waals surface area contributed by atoms with Gasteiger partial charge in [-0.15, -0.1) is 0 Å². The molecule has 29 heavy (non-hydrogen) atoms. The summed E-state index contributed by atoms with van der Waals surface area (Å²) < 4.78 is 4.93. The molecule has 0 saturated carbocycles. The summed E-state index contributed by atoms with van der Waals surface area (Å²) in [7, 11) is 1.50. The molecule has 7 heteroatoms. The molecule has 0 bridgehead atoms. The van der Waals surface area contributed by atoms with E-state index < -0.39 is 6.04 Å². The number of nitrogens with one attached hydrogen (secondary N) is 2. The Bertz CT molecular complexity index is 714. The number of ether oxygens (including phenoxy) is 1. The number of amides is 3. The van der Waals surface area contributed by atoms with Crippen molar-refractivity contribution in [3.05, 3.63) is 35.4 Å². The van der Waals surface area contributed by atoms with E-state index >= 15 is 0 Å². The maximum absolute atomic E-state index is 13.0. The van der Waals surface area contributed by atoms with Crippen LogP contribution in [0.3, 0.4) is 0 Å². The highest BCUT2D eigenvalue weighted by Gasteiger charge is 2.34. The van der Waals surface area contributed by atoms with Crippen molar-refractivity contribution in [2.75, 3.05) is 26.8 Å². The van der Waals surface area contributed by atoms with Crippen LogP contribution in [-0.2, 0) is 14.3 Å². The lowest BCUT2D eigenvalue weighted by Gasteiger charge is -2.36. The zero-order valence-corrected chi connectivity index (χ0v) is 17.9. The summed E-state index contributed by atoms with van der Waals surface area (Å²) in [6.07, 6.45) is 2.12. The van der Waals surface area contributed by atoms with Crippen LogP contribution in [0.5, 0.6) is 0 Å². The van der Waals surface area contributed by atoms with Gasteiger partial charge in [0.2, 0.25) is 11.8 Å². The zero-order valence-electron chi connectivity index (χ0n) is 17.9. The van der Waals surface area contributed by atoms with Crippen LogP contribution < -0.4 is 10.6 Å². The number of carbonyl (C=O) groups excluding carboxylic acids is 3. The zero-order chi connectivity index (χ0) is 21.4. The van der Waals surface area contributed by atoms with Crippen molar-refractivity contribution in [2.24, 2.45) is 5.92 Å². The molecule has 2 N–H and O–H groups in total. The predicted octanol–water partition coefficient (Wildman–Crippen LogP) is 1.89. The molecule has 0 aliphatic carbocycles. The summed E-state index contributed by atoms with van der Waals surface area (Å²) in [5, 5.41) is 5.96. The Labute approximate surface area is 173 Å². The Morgan fingerprint density at radius 1 is 1.17 bits per heavy atom. The predicted molar refractivity (Wildman–Crippen MR) is 112 cm³/mol. The molecule has 7 nitrogen and oxygen atoms in total. The van der Waals surface area contributed by atoms with E-state index in [0.717, 1.165) is 12.0 Å². The van der Waals surface area contributed by atoms with Gasteiger partial charge in [-0.05, 0) is 50.7 Å². The van der Waals surface area contributed by atoms with Crippen LogP contribution in [0.4, 0.5) is 0 Å². The molecule has 3 amide bonds. The van der Waals surface area contributed by atoms with Crippen molar-refractivity contribution in [2.45, 2.75) is 52.1 Å². The second-order valence-corrected chi connectivity index (χ2v) is 7.74. The number of aryl methyl sites for hydroxylation is 1. The summed E-state index contributed by atoms with van der Waals surface area (Å²) >= 11 is 0. The van der Waals surface area contributed by atoms with Crippen LogP contribution in [0.25, 0.3) is 0 Å². The highest BCUT2D eigenvalue weighted by atomic mass is 16.5. The fraction of sp³-hybridized carbons (Fsp3) is 0.591. The molecule has 0 radical (unpaired) electrons. The maximum Gasteiger partial charge on any atom is 0.252 e. The minimum atomic E-state index is -0.629. The average Bonchev–Trinajstić information content (AvgIpc) is 2.72. The fourth-order valence-corrected chi connectivity index (χ4v) is 3.58. The lowest BCUT2D eigenvalue weighted by Crippen LogP contribution is -2.55. The van der Waals surface area contributed by atoms with Gasteiger partial charge in [-0.2, -0.15) is 0 Å². The van der Waals surface area contributed by atoms with Gasteiger partial charge in [-0.1, -0.05) is 25.1 Å². The van der Waals surface area contributed by atoms with Crippen molar-refractivity contribution in [1.29, 1.82) is 0 Å². The molecule has 1 aliphatic heterocycles. The minimum absolute atomic E-state index is 0.0291. The second-order valence-electron chi connectivity index (χ2n) is 7.74. The first-order valence-electron chi connectivity index (χ1n) is 10.3. The van der Waals surface area contributed by atoms with Crippen molar-refractivity contribution in [3.63, 3.8) is 0 Å². The van der Waals surface area contributed by atoms with E-state index in [0.29, 0.717) is 31.5 Å². The normalized spacial score (nSPS) is 16.8. The molecule has 1 fully saturated rings. The van der Waals surface area contributed by atoms with Crippen LogP contribution in [0.15, 0.2) is 24.3 Å². The monoisotopic (exact) mass is 403 g/mol. The van der Waals surface area contributed by atoms with Gasteiger partial charge in [-0.3, -0.25) is 14.4 Å². The lowest BCUT2D eigenvalue weighted by atomic mass is 9.88. The number of nitrogens with zero attached hydrogens (tertiary/aromatic N) is 1. The van der Waals surface area contributed by atoms with Gasteiger partial charge in [0.05, 0.1) is 0 Å². The molecule has 2 unspecified atom stereocenters. The third kappa shape index (κ3) is 6.29. The van der Waals surface area contributed by atoms with Crippen LogP contribution in [0, 0.1) is 12.8 Å². The Balaban J connectivity index is 2.11. The molecular weight excluding hydrogens is 370 g/mol. The summed E-state index contributed by atoms with van der Waals surface area (Å²) in [6, 6.07) is 6.74. The van der Waals surface area contributed by atoms with Crippen molar-refractivity contribution >= 4 is 17.7 Å². The molecule has 1 aromatic rings. The smallest absolute Gasteiger partial charge is 0.252 e. The molecule has 2 rings (SSSR count). The van der Waals surface area contributed by atoms with E-state index in [1.165, 1.54) is 7.11 Å². The van der Waals surface area contributed by atoms with Gasteiger partial charge in [0, 0.05) is 31.8 Å². The first-order valence-corrected chi connectivity index (χ1v) is 10.3. The van der Waals surface area contributed by atoms with E-state index in [1.807, 2.05) is 39.0 Å². The maximum atomic E-state index is 13.0. The Morgan fingerprint density at radius 2 is 1.83 bits per heavy atom. The van der Waals surface area contributed by atoms with Crippen LogP contribution in [-0.4, -0.2) is 61.5 Å². The SMILES string of the molecule is CCC(C)NC(=O)C(NC(=O)c1ccccc1C)C1CCN(C(=O)COC)CC1. The largest absolute Gasteiger partial charge is 0.375 e. The third-order valence-electron chi connectivity index (χ3n) is 5.59. The Hall–Kier alpha value is -2.41. The van der Waals surface area contributed by atoms with Gasteiger partial charge in [-0.25, -0.2) is 0 Å². The number of piperidine rings is 1. The molecule has 1 aliphatic rings. The highest BCUT2D eigenvalue weighted by Crippen LogP contribution is 2.22. The summed E-state index contributed by atoms with van der Waals surface area (Å²) in [6.45, 7) is 7.01. The van der Waals surface area contributed by atoms with Gasteiger partial charge in [0.15, 0.2) is 0 Å². The summed E-state index contributed by atoms with van der Waals surface area (Å²) in [5.41, 5.74) is 1.44. The second kappa shape index (κ2) is 11.0. The molecule has 1 saturated heterocycles. The third-order valence-corrected chi connectivity index (χ3v) is 5.59.